The van der Waals surface area contributed by atoms with Crippen LogP contribution in [0.5, 0.6) is 0 Å². The molecule has 2 amide bonds. The Balaban J connectivity index is 1.52. The second kappa shape index (κ2) is 10.3. The van der Waals surface area contributed by atoms with Crippen LogP contribution in [0.3, 0.4) is 0 Å². The Hall–Kier alpha value is -3.56. The topological polar surface area (TPSA) is 79.8 Å². The highest BCUT2D eigenvalue weighted by atomic mass is 35.5. The van der Waals surface area contributed by atoms with Gasteiger partial charge in [-0.05, 0) is 73.4 Å². The summed E-state index contributed by atoms with van der Waals surface area (Å²) >= 11 is 11.9. The summed E-state index contributed by atoms with van der Waals surface area (Å²) in [6.07, 6.45) is -5.45. The minimum Gasteiger partial charge on any atom is -0.374 e. The average molecular weight is 564 g/mol. The molecule has 1 aliphatic heterocycles. The van der Waals surface area contributed by atoms with E-state index in [2.05, 4.69) is 16.0 Å². The zero-order valence-corrected chi connectivity index (χ0v) is 22.0. The minimum atomic E-state index is -4.82. The molecule has 0 saturated heterocycles. The normalized spacial score (nSPS) is 17.0. The Morgan fingerprint density at radius 3 is 2.08 bits per heavy atom. The fraction of sp³-hybridized carbons (Fsp3) is 0.222. The van der Waals surface area contributed by atoms with E-state index in [4.69, 9.17) is 28.0 Å². The highest BCUT2D eigenvalue weighted by molar-refractivity contribution is 6.34. The van der Waals surface area contributed by atoms with Crippen molar-refractivity contribution in [2.75, 3.05) is 0 Å². The number of aryl methyl sites for hydroxylation is 3. The van der Waals surface area contributed by atoms with E-state index >= 15 is 0 Å². The molecule has 1 heterocycles. The fourth-order valence-electron chi connectivity index (χ4n) is 4.36. The third-order valence-electron chi connectivity index (χ3n) is 6.32. The summed E-state index contributed by atoms with van der Waals surface area (Å²) in [4.78, 5) is 30.3. The molecular weight excluding hydrogens is 542 g/mol. The predicted molar refractivity (Wildman–Crippen MR) is 138 cm³/mol. The summed E-state index contributed by atoms with van der Waals surface area (Å²) in [7, 11) is 0. The number of oxime groups is 1. The van der Waals surface area contributed by atoms with Crippen molar-refractivity contribution in [1.29, 1.82) is 0 Å². The first kappa shape index (κ1) is 27.5. The molecule has 11 heteroatoms. The molecule has 0 aromatic heterocycles. The van der Waals surface area contributed by atoms with Crippen LogP contribution in [0.15, 0.2) is 59.8 Å². The molecule has 3 aromatic carbocycles. The molecule has 2 N–H and O–H groups in total. The smallest absolute Gasteiger partial charge is 0.374 e. The first-order valence-electron chi connectivity index (χ1n) is 11.4. The largest absolute Gasteiger partial charge is 0.435 e. The minimum absolute atomic E-state index is 0.0315. The van der Waals surface area contributed by atoms with Crippen molar-refractivity contribution < 1.29 is 27.6 Å². The summed E-state index contributed by atoms with van der Waals surface area (Å²) in [6, 6.07) is 13.5. The molecule has 0 saturated carbocycles. The summed E-state index contributed by atoms with van der Waals surface area (Å²) in [6.45, 7) is 5.20. The summed E-state index contributed by atoms with van der Waals surface area (Å²) in [5.74, 6) is -1.05. The van der Waals surface area contributed by atoms with Gasteiger partial charge >= 0.3 is 6.18 Å². The van der Waals surface area contributed by atoms with Gasteiger partial charge in [0, 0.05) is 33.2 Å². The van der Waals surface area contributed by atoms with E-state index in [9.17, 15) is 22.8 Å². The van der Waals surface area contributed by atoms with Crippen LogP contribution < -0.4 is 10.9 Å². The molecule has 0 radical (unpaired) electrons. The van der Waals surface area contributed by atoms with Crippen molar-refractivity contribution in [3.8, 4) is 0 Å². The highest BCUT2D eigenvalue weighted by Gasteiger charge is 2.62. The fourth-order valence-corrected chi connectivity index (χ4v) is 4.89. The highest BCUT2D eigenvalue weighted by Crippen LogP contribution is 2.49. The number of halogens is 5. The molecule has 1 aliphatic rings. The van der Waals surface area contributed by atoms with Gasteiger partial charge in [-0.3, -0.25) is 20.4 Å². The molecule has 198 valence electrons. The van der Waals surface area contributed by atoms with Gasteiger partial charge in [0.15, 0.2) is 0 Å². The molecule has 4 rings (SSSR count). The SMILES string of the molecule is Cc1cc(C2=NOC(c3cc(Cl)cc(Cl)c3)(C(F)(F)F)C2)ccc1C(=O)NNC(=O)c1c(C)cccc1C. The number of alkyl halides is 3. The number of nitrogens with zero attached hydrogens (tertiary/aromatic N) is 1. The number of hydrazine groups is 1. The molecule has 1 atom stereocenters. The zero-order valence-electron chi connectivity index (χ0n) is 20.5. The number of nitrogens with one attached hydrogen (secondary N) is 2. The first-order valence-corrected chi connectivity index (χ1v) is 12.1. The van der Waals surface area contributed by atoms with E-state index in [0.717, 1.165) is 23.3 Å². The third kappa shape index (κ3) is 5.21. The van der Waals surface area contributed by atoms with Gasteiger partial charge < -0.3 is 4.84 Å². The number of amides is 2. The maximum Gasteiger partial charge on any atom is 0.435 e. The molecule has 0 aliphatic carbocycles. The summed E-state index contributed by atoms with van der Waals surface area (Å²) in [5.41, 5.74) is 4.77. The molecule has 0 bridgehead atoms. The Morgan fingerprint density at radius 1 is 0.895 bits per heavy atom. The Morgan fingerprint density at radius 2 is 1.50 bits per heavy atom. The number of hydrogen-bond donors (Lipinski definition) is 2. The zero-order chi connectivity index (χ0) is 27.8. The van der Waals surface area contributed by atoms with Crippen LogP contribution in [0.4, 0.5) is 13.2 Å². The van der Waals surface area contributed by atoms with Gasteiger partial charge in [-0.15, -0.1) is 0 Å². The lowest BCUT2D eigenvalue weighted by Crippen LogP contribution is -2.42. The van der Waals surface area contributed by atoms with Crippen molar-refractivity contribution >= 4 is 40.7 Å². The Bertz CT molecular complexity index is 1430. The molecule has 38 heavy (non-hydrogen) atoms. The lowest BCUT2D eigenvalue weighted by atomic mass is 9.86. The summed E-state index contributed by atoms with van der Waals surface area (Å²) in [5, 5.41) is 3.80. The van der Waals surface area contributed by atoms with Crippen LogP contribution in [0.1, 0.15) is 55.0 Å². The monoisotopic (exact) mass is 563 g/mol. The van der Waals surface area contributed by atoms with Crippen molar-refractivity contribution in [2.45, 2.75) is 39.0 Å². The predicted octanol–water partition coefficient (Wildman–Crippen LogP) is 6.58. The van der Waals surface area contributed by atoms with Crippen LogP contribution in [0.25, 0.3) is 0 Å². The number of rotatable bonds is 4. The van der Waals surface area contributed by atoms with Crippen molar-refractivity contribution in [2.24, 2.45) is 5.16 Å². The summed E-state index contributed by atoms with van der Waals surface area (Å²) < 4.78 is 42.8. The van der Waals surface area contributed by atoms with Gasteiger partial charge in [0.05, 0.1) is 5.71 Å². The van der Waals surface area contributed by atoms with Crippen LogP contribution in [0.2, 0.25) is 10.0 Å². The molecule has 6 nitrogen and oxygen atoms in total. The number of hydrogen-bond acceptors (Lipinski definition) is 4. The van der Waals surface area contributed by atoms with Crippen LogP contribution in [-0.2, 0) is 10.4 Å². The van der Waals surface area contributed by atoms with E-state index in [0.29, 0.717) is 16.7 Å². The second-order valence-electron chi connectivity index (χ2n) is 8.99. The van der Waals surface area contributed by atoms with Gasteiger partial charge in [-0.1, -0.05) is 52.6 Å². The van der Waals surface area contributed by atoms with Gasteiger partial charge in [-0.2, -0.15) is 13.2 Å². The van der Waals surface area contributed by atoms with Crippen LogP contribution >= 0.6 is 23.2 Å². The molecule has 3 aromatic rings. The third-order valence-corrected chi connectivity index (χ3v) is 6.75. The quantitative estimate of drug-likeness (QED) is 0.352. The van der Waals surface area contributed by atoms with Crippen molar-refractivity contribution in [1.82, 2.24) is 10.9 Å². The number of carbonyl (C=O) groups excluding carboxylic acids is 2. The van der Waals surface area contributed by atoms with Gasteiger partial charge in [-0.25, -0.2) is 0 Å². The van der Waals surface area contributed by atoms with Crippen LogP contribution in [0, 0.1) is 20.8 Å². The van der Waals surface area contributed by atoms with E-state index in [-0.39, 0.29) is 26.9 Å². The van der Waals surface area contributed by atoms with Crippen LogP contribution in [-0.4, -0.2) is 23.7 Å². The lowest BCUT2D eigenvalue weighted by molar-refractivity contribution is -0.275. The number of benzene rings is 3. The maximum absolute atomic E-state index is 14.3. The van der Waals surface area contributed by atoms with Crippen molar-refractivity contribution in [3.63, 3.8) is 0 Å². The van der Waals surface area contributed by atoms with Crippen molar-refractivity contribution in [3.05, 3.63) is 104 Å². The molecule has 0 spiro atoms. The lowest BCUT2D eigenvalue weighted by Gasteiger charge is -2.29. The van der Waals surface area contributed by atoms with Gasteiger partial charge in [0.2, 0.25) is 0 Å². The average Bonchev–Trinajstić information content (AvgIpc) is 3.29. The van der Waals surface area contributed by atoms with Gasteiger partial charge in [0.1, 0.15) is 0 Å². The standard InChI is InChI=1S/C27H22Cl2F3N3O3/c1-14-5-4-6-15(2)23(14)25(37)34-33-24(36)21-8-7-17(9-16(21)3)22-13-26(38-35-22,27(30,31)32)18-10-19(28)12-20(29)11-18/h4-12H,13H2,1-3H3,(H,33,36)(H,34,37). The number of carbonyl (C=O) groups is 2. The maximum atomic E-state index is 14.3. The van der Waals surface area contributed by atoms with E-state index in [1.165, 1.54) is 24.3 Å². The van der Waals surface area contributed by atoms with E-state index in [1.54, 1.807) is 32.9 Å². The second-order valence-corrected chi connectivity index (χ2v) is 9.87. The Labute approximate surface area is 226 Å². The molecule has 0 fully saturated rings. The van der Waals surface area contributed by atoms with E-state index in [1.807, 2.05) is 6.07 Å². The first-order chi connectivity index (χ1) is 17.8. The molecular formula is C27H22Cl2F3N3O3. The van der Waals surface area contributed by atoms with Gasteiger partial charge in [0.25, 0.3) is 17.4 Å². The Kier molecular flexibility index (Phi) is 7.45. The molecule has 1 unspecified atom stereocenters. The van der Waals surface area contributed by atoms with E-state index < -0.39 is 30.0 Å².